The monoisotopic (exact) mass is 518 g/mol. The minimum atomic E-state index is -0.693. The van der Waals surface area contributed by atoms with E-state index in [9.17, 15) is 15.0 Å². The van der Waals surface area contributed by atoms with E-state index < -0.39 is 5.97 Å². The number of anilines is 3. The van der Waals surface area contributed by atoms with Crippen LogP contribution in [0.1, 0.15) is 67.3 Å². The predicted octanol–water partition coefficient (Wildman–Crippen LogP) is 3.20. The number of aliphatic carboxylic acids is 1. The number of para-hydroxylation sites is 1. The van der Waals surface area contributed by atoms with Crippen molar-refractivity contribution < 1.29 is 15.0 Å². The molecule has 0 bridgehead atoms. The van der Waals surface area contributed by atoms with Gasteiger partial charge in [0.25, 0.3) is 0 Å². The summed E-state index contributed by atoms with van der Waals surface area (Å²) in [5.41, 5.74) is 21.6. The molecule has 0 unspecified atom stereocenters. The van der Waals surface area contributed by atoms with Crippen LogP contribution in [-0.4, -0.2) is 49.0 Å². The molecular formula is C27H34N8O3. The summed E-state index contributed by atoms with van der Waals surface area (Å²) in [6, 6.07) is 6.93. The van der Waals surface area contributed by atoms with Crippen molar-refractivity contribution in [2.45, 2.75) is 50.5 Å². The van der Waals surface area contributed by atoms with E-state index in [-0.39, 0.29) is 23.5 Å². The summed E-state index contributed by atoms with van der Waals surface area (Å²) in [6.07, 6.45) is 10.2. The van der Waals surface area contributed by atoms with E-state index in [1.807, 2.05) is 17.1 Å². The Bertz CT molecular complexity index is 1320. The molecule has 2 aromatic heterocycles. The normalized spacial score (nSPS) is 20.9. The highest BCUT2D eigenvalue weighted by Crippen LogP contribution is 2.36. The highest BCUT2D eigenvalue weighted by molar-refractivity contribution is 5.86. The summed E-state index contributed by atoms with van der Waals surface area (Å²) in [6.45, 7) is 1.48. The third-order valence-corrected chi connectivity index (χ3v) is 7.82. The molecule has 0 amide bonds. The minimum Gasteiger partial charge on any atom is -0.507 e. The van der Waals surface area contributed by atoms with E-state index in [1.165, 1.54) is 0 Å². The zero-order valence-corrected chi connectivity index (χ0v) is 21.2. The number of phenols is 1. The van der Waals surface area contributed by atoms with Gasteiger partial charge in [-0.15, -0.1) is 0 Å². The van der Waals surface area contributed by atoms with Gasteiger partial charge in [-0.2, -0.15) is 5.10 Å². The maximum absolute atomic E-state index is 11.2. The maximum Gasteiger partial charge on any atom is 0.306 e. The van der Waals surface area contributed by atoms with E-state index in [0.717, 1.165) is 44.3 Å². The zero-order chi connectivity index (χ0) is 26.8. The standard InChI is InChI=1S/C27H34N8O3/c28-21(20-3-1-2-4-23(20)36)13-22-24(29)25(30)33-35(22)19-9-11-34(12-10-19)27-31-14-18(15-32-27)16-5-7-17(8-6-16)26(37)38/h1-4,13-17,19,36H,5-12,28-29H2,(H2,30,33)(H,37,38)/b21-13-. The number of hydrogen-bond acceptors (Lipinski definition) is 9. The van der Waals surface area contributed by atoms with Crippen molar-refractivity contribution >= 4 is 35.2 Å². The third-order valence-electron chi connectivity index (χ3n) is 7.82. The number of carboxylic acids is 1. The quantitative estimate of drug-likeness (QED) is 0.325. The van der Waals surface area contributed by atoms with Gasteiger partial charge in [-0.3, -0.25) is 9.48 Å². The molecule has 11 nitrogen and oxygen atoms in total. The Labute approximate surface area is 221 Å². The highest BCUT2D eigenvalue weighted by Gasteiger charge is 2.28. The van der Waals surface area contributed by atoms with Crippen LogP contribution in [0.25, 0.3) is 11.8 Å². The smallest absolute Gasteiger partial charge is 0.306 e. The Kier molecular flexibility index (Phi) is 7.08. The molecule has 1 aliphatic heterocycles. The maximum atomic E-state index is 11.2. The molecule has 38 heavy (non-hydrogen) atoms. The molecule has 0 atom stereocenters. The SMILES string of the molecule is N/C(=C\c1c(N)c(N)nn1C1CCN(c2ncc(C3CCC(C(=O)O)CC3)cn2)CC1)c1ccccc1O. The number of carbonyl (C=O) groups is 1. The van der Waals surface area contributed by atoms with Crippen molar-refractivity contribution in [3.05, 3.63) is 53.5 Å². The molecule has 11 heteroatoms. The second-order valence-corrected chi connectivity index (χ2v) is 10.2. The van der Waals surface area contributed by atoms with Gasteiger partial charge in [-0.05, 0) is 68.2 Å². The molecule has 1 saturated carbocycles. The fourth-order valence-corrected chi connectivity index (χ4v) is 5.53. The van der Waals surface area contributed by atoms with Crippen molar-refractivity contribution in [2.24, 2.45) is 11.7 Å². The predicted molar refractivity (Wildman–Crippen MR) is 146 cm³/mol. The number of aromatic nitrogens is 4. The lowest BCUT2D eigenvalue weighted by atomic mass is 9.79. The van der Waals surface area contributed by atoms with Crippen LogP contribution in [0.3, 0.4) is 0 Å². The lowest BCUT2D eigenvalue weighted by Crippen LogP contribution is -2.36. The number of aromatic hydroxyl groups is 1. The van der Waals surface area contributed by atoms with Gasteiger partial charge >= 0.3 is 5.97 Å². The summed E-state index contributed by atoms with van der Waals surface area (Å²) < 4.78 is 1.84. The average Bonchev–Trinajstić information content (AvgIpc) is 3.22. The molecule has 0 radical (unpaired) electrons. The fourth-order valence-electron chi connectivity index (χ4n) is 5.53. The van der Waals surface area contributed by atoms with E-state index in [1.54, 1.807) is 30.3 Å². The molecule has 2 fully saturated rings. The van der Waals surface area contributed by atoms with Gasteiger partial charge in [-0.1, -0.05) is 12.1 Å². The Balaban J connectivity index is 1.25. The molecule has 3 aromatic rings. The van der Waals surface area contributed by atoms with E-state index >= 15 is 0 Å². The van der Waals surface area contributed by atoms with Crippen LogP contribution in [0.15, 0.2) is 36.7 Å². The van der Waals surface area contributed by atoms with Crippen LogP contribution in [0.4, 0.5) is 17.5 Å². The summed E-state index contributed by atoms with van der Waals surface area (Å²) in [5, 5.41) is 23.9. The van der Waals surface area contributed by atoms with Gasteiger partial charge in [0.15, 0.2) is 5.82 Å². The number of nitrogens with two attached hydrogens (primary N) is 3. The average molecular weight is 519 g/mol. The molecule has 2 aliphatic rings. The number of piperidine rings is 1. The molecule has 1 aliphatic carbocycles. The van der Waals surface area contributed by atoms with Crippen LogP contribution in [0.5, 0.6) is 5.75 Å². The summed E-state index contributed by atoms with van der Waals surface area (Å²) in [4.78, 5) is 22.6. The van der Waals surface area contributed by atoms with Crippen molar-refractivity contribution in [3.8, 4) is 5.75 Å². The van der Waals surface area contributed by atoms with Gasteiger partial charge in [-0.25, -0.2) is 9.97 Å². The third kappa shape index (κ3) is 5.09. The summed E-state index contributed by atoms with van der Waals surface area (Å²) >= 11 is 0. The van der Waals surface area contributed by atoms with E-state index in [4.69, 9.17) is 17.2 Å². The second kappa shape index (κ2) is 10.6. The van der Waals surface area contributed by atoms with Crippen molar-refractivity contribution in [1.82, 2.24) is 19.7 Å². The molecular weight excluding hydrogens is 484 g/mol. The number of rotatable bonds is 6. The van der Waals surface area contributed by atoms with Gasteiger partial charge in [0.1, 0.15) is 11.4 Å². The van der Waals surface area contributed by atoms with Gasteiger partial charge < -0.3 is 32.3 Å². The first kappa shape index (κ1) is 25.4. The molecule has 0 spiro atoms. The number of nitrogens with zero attached hydrogens (tertiary/aromatic N) is 5. The highest BCUT2D eigenvalue weighted by atomic mass is 16.4. The molecule has 1 aromatic carbocycles. The lowest BCUT2D eigenvalue weighted by molar-refractivity contribution is -0.142. The second-order valence-electron chi connectivity index (χ2n) is 10.2. The Morgan fingerprint density at radius 2 is 1.66 bits per heavy atom. The number of phenolic OH excluding ortho intramolecular Hbond substituents is 1. The van der Waals surface area contributed by atoms with E-state index in [0.29, 0.717) is 47.3 Å². The molecule has 1 saturated heterocycles. The van der Waals surface area contributed by atoms with Gasteiger partial charge in [0.05, 0.1) is 17.7 Å². The fraction of sp³-hybridized carbons (Fsp3) is 0.407. The zero-order valence-electron chi connectivity index (χ0n) is 21.2. The molecule has 5 rings (SSSR count). The topological polar surface area (TPSA) is 182 Å². The Morgan fingerprint density at radius 1 is 1.00 bits per heavy atom. The van der Waals surface area contributed by atoms with Gasteiger partial charge in [0.2, 0.25) is 5.95 Å². The van der Waals surface area contributed by atoms with Crippen LogP contribution >= 0.6 is 0 Å². The molecule has 3 heterocycles. The van der Waals surface area contributed by atoms with Gasteiger partial charge in [0, 0.05) is 36.7 Å². The van der Waals surface area contributed by atoms with Crippen LogP contribution in [0, 0.1) is 5.92 Å². The number of hydrogen-bond donors (Lipinski definition) is 5. The Hall–Kier alpha value is -4.28. The van der Waals surface area contributed by atoms with Crippen LogP contribution in [0.2, 0.25) is 0 Å². The first-order valence-electron chi connectivity index (χ1n) is 13.0. The molecule has 8 N–H and O–H groups in total. The van der Waals surface area contributed by atoms with Crippen molar-refractivity contribution in [1.29, 1.82) is 0 Å². The van der Waals surface area contributed by atoms with Crippen molar-refractivity contribution in [2.75, 3.05) is 29.5 Å². The number of benzene rings is 1. The lowest BCUT2D eigenvalue weighted by Gasteiger charge is -2.33. The van der Waals surface area contributed by atoms with Crippen LogP contribution in [-0.2, 0) is 4.79 Å². The van der Waals surface area contributed by atoms with E-state index in [2.05, 4.69) is 20.0 Å². The first-order chi connectivity index (χ1) is 18.3. The van der Waals surface area contributed by atoms with Crippen LogP contribution < -0.4 is 22.1 Å². The minimum absolute atomic E-state index is 0.0676. The number of nitrogen functional groups attached to an aromatic ring is 2. The molecule has 200 valence electrons. The van der Waals surface area contributed by atoms with Crippen molar-refractivity contribution in [3.63, 3.8) is 0 Å². The Morgan fingerprint density at radius 3 is 2.29 bits per heavy atom. The number of carboxylic acid groups (broad SMARTS) is 1. The largest absolute Gasteiger partial charge is 0.507 e. The summed E-state index contributed by atoms with van der Waals surface area (Å²) in [5.74, 6) is 0.422. The first-order valence-corrected chi connectivity index (χ1v) is 13.0. The summed E-state index contributed by atoms with van der Waals surface area (Å²) in [7, 11) is 0.